The summed E-state index contributed by atoms with van der Waals surface area (Å²) in [5, 5.41) is 50.1. The van der Waals surface area contributed by atoms with Crippen molar-refractivity contribution in [2.45, 2.75) is 287 Å². The van der Waals surface area contributed by atoms with Crippen molar-refractivity contribution in [1.29, 1.82) is 0 Å². The van der Waals surface area contributed by atoms with Crippen molar-refractivity contribution in [2.24, 2.45) is 53.1 Å². The standard InChI is InChI=1S/C78H130N14O17/c1-20-49(17)65(76(107)90-66(50(18)94)77(108)87-62(46(11)12)74(105)85-60(44(7)8)72(103)82-54(40-51-31-25-23-26-32-51)69(100)80-52(21-2)67(98)83-55(41-93)43(5)6)89-68(99)53(33-28-38-79)81-71(102)57-34-29-39-92(57)78(109)64(48(15)16)88-75(106)63(47(13)14)86-73(104)61(45(9)10)84-70(101)56(36-37-59(96)97)91(19)58(95)35-27-22-24-30-42(3)4/h21,23,25-26,31-32,41-50,53-57,60-66,94H,20,22,24,27-30,33-40,79H2,1-19H3,(H,80,100)(H,81,102)(H,82,103)(H,83,98)(H,84,101)(H,85,105)(H,86,104)(H,87,108)(H,88,106)(H,89,99)(H,90,107)(H,96,97)/b52-21-/t49-,50+,53-,54-,55+,56+,57+,60-,61-,62-,63-,64-,65+,66+/m0/s1. The van der Waals surface area contributed by atoms with Crippen LogP contribution in [0.1, 0.15) is 207 Å². The van der Waals surface area contributed by atoms with Gasteiger partial charge in [0.15, 0.2) is 0 Å². The monoisotopic (exact) mass is 1530 g/mol. The van der Waals surface area contributed by atoms with E-state index in [4.69, 9.17) is 5.73 Å². The lowest BCUT2D eigenvalue weighted by Gasteiger charge is -2.33. The number of likely N-dealkylation sites (N-methyl/N-ethyl adjacent to an activating group) is 1. The molecule has 1 aliphatic heterocycles. The van der Waals surface area contributed by atoms with Crippen LogP contribution >= 0.6 is 0 Å². The second-order valence-corrected chi connectivity index (χ2v) is 31.2. The summed E-state index contributed by atoms with van der Waals surface area (Å²) in [6, 6.07) is -6.79. The van der Waals surface area contributed by atoms with Crippen LogP contribution in [0, 0.1) is 47.3 Å². The van der Waals surface area contributed by atoms with Crippen LogP contribution in [-0.4, -0.2) is 208 Å². The highest BCUT2D eigenvalue weighted by atomic mass is 16.4. The molecule has 0 unspecified atom stereocenters. The van der Waals surface area contributed by atoms with Crippen molar-refractivity contribution < 1.29 is 82.1 Å². The normalized spacial score (nSPS) is 16.7. The second-order valence-electron chi connectivity index (χ2n) is 31.2. The molecule has 15 N–H and O–H groups in total. The molecule has 1 aromatic rings. The molecule has 1 saturated heterocycles. The van der Waals surface area contributed by atoms with E-state index < -0.39 is 197 Å². The number of nitrogens with one attached hydrogen (secondary N) is 11. The van der Waals surface area contributed by atoms with E-state index in [1.165, 1.54) is 36.8 Å². The topological polar surface area (TPSA) is 461 Å². The van der Waals surface area contributed by atoms with E-state index in [0.717, 1.165) is 19.3 Å². The summed E-state index contributed by atoms with van der Waals surface area (Å²) in [5.74, 6) is -14.5. The minimum atomic E-state index is -1.74. The molecular weight excluding hydrogens is 1400 g/mol. The number of nitrogens with zero attached hydrogens (tertiary/aromatic N) is 2. The van der Waals surface area contributed by atoms with Crippen molar-refractivity contribution in [3.8, 4) is 0 Å². The SMILES string of the molecule is C/C=C(\NC(=O)[C@H](Cc1ccccc1)NC(=O)[C@@H](NC(=O)[C@@H](NC(=O)[C@H](NC(=O)[C@H](NC(=O)[C@H](CCCN)NC(=O)[C@H]1CCCN1C(=O)[C@@H](NC(=O)[C@@H](NC(=O)[C@@H](NC(=O)[C@@H](CCC(=O)O)N(C)C(=O)CCCCCC(C)C)C(C)C)C(C)C)C(C)C)[C@@H](C)CC)[C@@H](C)O)C(C)C)C(C)C)C(=O)N[C@H](C=O)C(C)C. The summed E-state index contributed by atoms with van der Waals surface area (Å²) in [6.45, 7) is 30.5. The predicted octanol–water partition coefficient (Wildman–Crippen LogP) is 2.69. The first-order valence-corrected chi connectivity index (χ1v) is 38.8. The van der Waals surface area contributed by atoms with E-state index in [1.54, 1.807) is 127 Å². The Morgan fingerprint density at radius 1 is 0.532 bits per heavy atom. The van der Waals surface area contributed by atoms with Crippen LogP contribution in [0.5, 0.6) is 0 Å². The number of aldehydes is 1. The van der Waals surface area contributed by atoms with Crippen LogP contribution in [0.3, 0.4) is 0 Å². The van der Waals surface area contributed by atoms with Crippen molar-refractivity contribution in [3.05, 3.63) is 47.7 Å². The summed E-state index contributed by atoms with van der Waals surface area (Å²) in [5.41, 5.74) is 6.38. The van der Waals surface area contributed by atoms with Crippen LogP contribution < -0.4 is 64.2 Å². The summed E-state index contributed by atoms with van der Waals surface area (Å²) >= 11 is 0. The molecule has 13 amide bonds. The van der Waals surface area contributed by atoms with Crippen molar-refractivity contribution in [3.63, 3.8) is 0 Å². The fourth-order valence-corrected chi connectivity index (χ4v) is 12.3. The number of amides is 13. The number of carboxylic acid groups (broad SMARTS) is 1. The van der Waals surface area contributed by atoms with E-state index in [0.29, 0.717) is 37.0 Å². The van der Waals surface area contributed by atoms with Gasteiger partial charge < -0.3 is 89.0 Å². The van der Waals surface area contributed by atoms with Crippen LogP contribution in [-0.2, 0) is 78.3 Å². The molecule has 0 aromatic heterocycles. The van der Waals surface area contributed by atoms with E-state index in [2.05, 4.69) is 72.3 Å². The number of likely N-dealkylation sites (tertiary alicyclic amines) is 1. The fourth-order valence-electron chi connectivity index (χ4n) is 12.3. The lowest BCUT2D eigenvalue weighted by molar-refractivity contribution is -0.144. The zero-order valence-electron chi connectivity index (χ0n) is 67.8. The van der Waals surface area contributed by atoms with Crippen LogP contribution in [0.15, 0.2) is 42.1 Å². The Kier molecular flexibility index (Phi) is 42.3. The molecule has 0 saturated carbocycles. The molecule has 614 valence electrons. The van der Waals surface area contributed by atoms with Gasteiger partial charge in [-0.15, -0.1) is 0 Å². The van der Waals surface area contributed by atoms with Crippen molar-refractivity contribution >= 4 is 89.0 Å². The number of allylic oxidation sites excluding steroid dienone is 1. The molecule has 0 bridgehead atoms. The van der Waals surface area contributed by atoms with Crippen molar-refractivity contribution in [2.75, 3.05) is 20.1 Å². The van der Waals surface area contributed by atoms with Gasteiger partial charge >= 0.3 is 5.97 Å². The Balaban J connectivity index is 2.37. The molecule has 31 nitrogen and oxygen atoms in total. The number of carboxylic acids is 1. The number of aliphatic carboxylic acids is 1. The first-order chi connectivity index (χ1) is 51.1. The number of carbonyl (C=O) groups is 15. The van der Waals surface area contributed by atoms with Gasteiger partial charge in [-0.05, 0) is 112 Å². The summed E-state index contributed by atoms with van der Waals surface area (Å²) < 4.78 is 0. The molecule has 1 aromatic carbocycles. The number of rotatable bonds is 48. The number of hydrogen-bond donors (Lipinski definition) is 14. The Hall–Kier alpha value is -8.87. The highest BCUT2D eigenvalue weighted by Gasteiger charge is 2.43. The number of nitrogens with two attached hydrogens (primary N) is 1. The Bertz CT molecular complexity index is 3230. The second kappa shape index (κ2) is 47.9. The van der Waals surface area contributed by atoms with Gasteiger partial charge in [0.1, 0.15) is 78.4 Å². The predicted molar refractivity (Wildman–Crippen MR) is 412 cm³/mol. The fraction of sp³-hybridized carbons (Fsp3) is 0.705. The van der Waals surface area contributed by atoms with Gasteiger partial charge in [-0.1, -0.05) is 173 Å². The minimum Gasteiger partial charge on any atom is -0.481 e. The molecule has 0 aliphatic carbocycles. The third kappa shape index (κ3) is 31.6. The molecule has 0 spiro atoms. The van der Waals surface area contributed by atoms with E-state index >= 15 is 0 Å². The lowest BCUT2D eigenvalue weighted by Crippen LogP contribution is -2.63. The molecule has 14 atom stereocenters. The Labute approximate surface area is 644 Å². The average molecular weight is 1540 g/mol. The van der Waals surface area contributed by atoms with Crippen LogP contribution in [0.2, 0.25) is 0 Å². The maximum Gasteiger partial charge on any atom is 0.303 e. The molecular formula is C78H130N14O17. The summed E-state index contributed by atoms with van der Waals surface area (Å²) in [7, 11) is 1.43. The van der Waals surface area contributed by atoms with E-state index in [9.17, 15) is 82.1 Å². The molecule has 1 aliphatic rings. The molecule has 2 rings (SSSR count). The minimum absolute atomic E-state index is 0.0280. The van der Waals surface area contributed by atoms with Gasteiger partial charge in [0.25, 0.3) is 5.91 Å². The van der Waals surface area contributed by atoms with Gasteiger partial charge in [-0.2, -0.15) is 0 Å². The number of aliphatic hydroxyl groups excluding tert-OH is 1. The summed E-state index contributed by atoms with van der Waals surface area (Å²) in [4.78, 5) is 210. The smallest absolute Gasteiger partial charge is 0.303 e. The lowest BCUT2D eigenvalue weighted by atomic mass is 9.96. The first kappa shape index (κ1) is 96.2. The molecule has 31 heteroatoms. The van der Waals surface area contributed by atoms with Crippen LogP contribution in [0.25, 0.3) is 0 Å². The van der Waals surface area contributed by atoms with Gasteiger partial charge in [-0.25, -0.2) is 0 Å². The quantitative estimate of drug-likeness (QED) is 0.0253. The largest absolute Gasteiger partial charge is 0.481 e. The van der Waals surface area contributed by atoms with Gasteiger partial charge in [0.05, 0.1) is 12.1 Å². The maximum absolute atomic E-state index is 14.7. The average Bonchev–Trinajstić information content (AvgIpc) is 1.77. The van der Waals surface area contributed by atoms with Gasteiger partial charge in [0, 0.05) is 32.9 Å². The highest BCUT2D eigenvalue weighted by molar-refractivity contribution is 6.02. The number of aliphatic hydroxyl groups is 1. The first-order valence-electron chi connectivity index (χ1n) is 38.8. The maximum atomic E-state index is 14.7. The highest BCUT2D eigenvalue weighted by Crippen LogP contribution is 2.23. The molecule has 109 heavy (non-hydrogen) atoms. The van der Waals surface area contributed by atoms with E-state index in [1.807, 2.05) is 0 Å². The zero-order chi connectivity index (χ0) is 82.9. The third-order valence-electron chi connectivity index (χ3n) is 19.6. The van der Waals surface area contributed by atoms with Crippen molar-refractivity contribution in [1.82, 2.24) is 68.3 Å². The molecule has 1 heterocycles. The number of benzene rings is 1. The summed E-state index contributed by atoms with van der Waals surface area (Å²) in [6.07, 6.45) is 4.04. The number of hydrogen-bond acceptors (Lipinski definition) is 17. The number of unbranched alkanes of at least 4 members (excludes halogenated alkanes) is 2. The van der Waals surface area contributed by atoms with Crippen LogP contribution in [0.4, 0.5) is 0 Å². The van der Waals surface area contributed by atoms with Gasteiger partial charge in [0.2, 0.25) is 70.9 Å². The zero-order valence-corrected chi connectivity index (χ0v) is 67.8. The molecule has 1 fully saturated rings. The Morgan fingerprint density at radius 3 is 1.47 bits per heavy atom. The van der Waals surface area contributed by atoms with Gasteiger partial charge in [-0.3, -0.25) is 67.1 Å². The Morgan fingerprint density at radius 2 is 1.01 bits per heavy atom. The number of carbonyl (C=O) groups excluding carboxylic acids is 14. The van der Waals surface area contributed by atoms with E-state index in [-0.39, 0.29) is 69.1 Å². The third-order valence-corrected chi connectivity index (χ3v) is 19.6. The molecule has 0 radical (unpaired) electrons.